The molecule has 1 aliphatic carbocycles. The SMILES string of the molecule is CCCC1CC1NS(=O)(=O)c1cnn(CCCN)c1. The molecule has 0 saturated heterocycles. The molecule has 1 saturated carbocycles. The molecule has 0 spiro atoms. The number of sulfonamides is 1. The van der Waals surface area contributed by atoms with E-state index in [0.29, 0.717) is 19.0 Å². The molecule has 0 amide bonds. The first-order valence-electron chi connectivity index (χ1n) is 6.81. The Morgan fingerprint density at radius 2 is 2.37 bits per heavy atom. The van der Waals surface area contributed by atoms with Gasteiger partial charge in [0.2, 0.25) is 10.0 Å². The van der Waals surface area contributed by atoms with Crippen LogP contribution in [0.25, 0.3) is 0 Å². The van der Waals surface area contributed by atoms with Gasteiger partial charge in [0.05, 0.1) is 6.20 Å². The highest BCUT2D eigenvalue weighted by Crippen LogP contribution is 2.35. The van der Waals surface area contributed by atoms with Crippen molar-refractivity contribution < 1.29 is 8.42 Å². The number of hydrogen-bond donors (Lipinski definition) is 2. The van der Waals surface area contributed by atoms with E-state index in [1.165, 1.54) is 6.20 Å². The van der Waals surface area contributed by atoms with E-state index in [1.807, 2.05) is 0 Å². The Morgan fingerprint density at radius 3 is 3.05 bits per heavy atom. The van der Waals surface area contributed by atoms with Gasteiger partial charge in [0.15, 0.2) is 0 Å². The summed E-state index contributed by atoms with van der Waals surface area (Å²) in [5, 5.41) is 4.04. The second kappa shape index (κ2) is 6.02. The third-order valence-corrected chi connectivity index (χ3v) is 4.84. The van der Waals surface area contributed by atoms with Crippen molar-refractivity contribution >= 4 is 10.0 Å². The third-order valence-electron chi connectivity index (χ3n) is 3.40. The monoisotopic (exact) mass is 286 g/mol. The molecule has 7 heteroatoms. The second-order valence-corrected chi connectivity index (χ2v) is 6.81. The number of aromatic nitrogens is 2. The number of hydrogen-bond acceptors (Lipinski definition) is 4. The molecule has 1 fully saturated rings. The molecule has 0 aliphatic heterocycles. The predicted octanol–water partition coefficient (Wildman–Crippen LogP) is 0.699. The zero-order valence-electron chi connectivity index (χ0n) is 11.2. The third kappa shape index (κ3) is 3.77. The second-order valence-electron chi connectivity index (χ2n) is 5.09. The molecule has 0 bridgehead atoms. The van der Waals surface area contributed by atoms with Gasteiger partial charge in [0.25, 0.3) is 0 Å². The highest BCUT2D eigenvalue weighted by Gasteiger charge is 2.39. The van der Waals surface area contributed by atoms with Gasteiger partial charge in [-0.1, -0.05) is 13.3 Å². The summed E-state index contributed by atoms with van der Waals surface area (Å²) in [5.74, 6) is 0.507. The number of aryl methyl sites for hydroxylation is 1. The smallest absolute Gasteiger partial charge is 0.243 e. The van der Waals surface area contributed by atoms with Gasteiger partial charge in [-0.25, -0.2) is 13.1 Å². The summed E-state index contributed by atoms with van der Waals surface area (Å²) < 4.78 is 28.6. The standard InChI is InChI=1S/C12H22N4O2S/c1-2-4-10-7-12(10)15-19(17,18)11-8-14-16(9-11)6-3-5-13/h8-10,12,15H,2-7,13H2,1H3. The van der Waals surface area contributed by atoms with Gasteiger partial charge in [-0.2, -0.15) is 5.10 Å². The van der Waals surface area contributed by atoms with Gasteiger partial charge in [0.1, 0.15) is 4.90 Å². The van der Waals surface area contributed by atoms with Gasteiger partial charge in [0, 0.05) is 18.8 Å². The fraction of sp³-hybridized carbons (Fsp3) is 0.750. The lowest BCUT2D eigenvalue weighted by Crippen LogP contribution is -2.26. The lowest BCUT2D eigenvalue weighted by Gasteiger charge is -2.03. The van der Waals surface area contributed by atoms with E-state index in [2.05, 4.69) is 16.7 Å². The van der Waals surface area contributed by atoms with Crippen LogP contribution in [0.2, 0.25) is 0 Å². The van der Waals surface area contributed by atoms with Crippen molar-refractivity contribution in [2.24, 2.45) is 11.7 Å². The van der Waals surface area contributed by atoms with Crippen LogP contribution in [0.15, 0.2) is 17.3 Å². The van der Waals surface area contributed by atoms with Crippen molar-refractivity contribution in [1.29, 1.82) is 0 Å². The van der Waals surface area contributed by atoms with Crippen LogP contribution in [-0.4, -0.2) is 30.8 Å². The zero-order chi connectivity index (χ0) is 13.9. The Bertz CT molecular complexity index is 512. The molecule has 108 valence electrons. The minimum atomic E-state index is -3.42. The number of nitrogens with two attached hydrogens (primary N) is 1. The predicted molar refractivity (Wildman–Crippen MR) is 73.0 cm³/mol. The molecule has 1 aliphatic rings. The Balaban J connectivity index is 1.94. The van der Waals surface area contributed by atoms with Crippen LogP contribution in [0.3, 0.4) is 0 Å². The van der Waals surface area contributed by atoms with Crippen molar-refractivity contribution in [3.8, 4) is 0 Å². The van der Waals surface area contributed by atoms with Crippen LogP contribution < -0.4 is 10.5 Å². The fourth-order valence-corrected chi connectivity index (χ4v) is 3.48. The van der Waals surface area contributed by atoms with Crippen LogP contribution in [0.5, 0.6) is 0 Å². The maximum Gasteiger partial charge on any atom is 0.243 e. The summed E-state index contributed by atoms with van der Waals surface area (Å²) in [6.07, 6.45) is 6.89. The van der Waals surface area contributed by atoms with Crippen molar-refractivity contribution in [3.63, 3.8) is 0 Å². The molecule has 3 N–H and O–H groups in total. The first kappa shape index (κ1) is 14.5. The minimum Gasteiger partial charge on any atom is -0.330 e. The Morgan fingerprint density at radius 1 is 1.58 bits per heavy atom. The van der Waals surface area contributed by atoms with Crippen molar-refractivity contribution in [2.45, 2.75) is 50.1 Å². The molecule has 2 rings (SSSR count). The number of nitrogens with zero attached hydrogens (tertiary/aromatic N) is 2. The average Bonchev–Trinajstić information content (AvgIpc) is 2.91. The van der Waals surface area contributed by atoms with Gasteiger partial charge in [-0.3, -0.25) is 4.68 Å². The molecule has 1 aromatic rings. The molecule has 1 aromatic heterocycles. The van der Waals surface area contributed by atoms with Gasteiger partial charge in [-0.05, 0) is 31.7 Å². The van der Waals surface area contributed by atoms with E-state index >= 15 is 0 Å². The summed E-state index contributed by atoms with van der Waals surface area (Å²) in [6, 6.07) is 0.109. The fourth-order valence-electron chi connectivity index (χ4n) is 2.21. The summed E-state index contributed by atoms with van der Waals surface area (Å²) in [4.78, 5) is 0.242. The topological polar surface area (TPSA) is 90.0 Å². The first-order chi connectivity index (χ1) is 9.06. The van der Waals surface area contributed by atoms with Crippen molar-refractivity contribution in [3.05, 3.63) is 12.4 Å². The number of rotatable bonds is 8. The van der Waals surface area contributed by atoms with Gasteiger partial charge >= 0.3 is 0 Å². The molecule has 0 aromatic carbocycles. The largest absolute Gasteiger partial charge is 0.330 e. The summed E-state index contributed by atoms with van der Waals surface area (Å²) >= 11 is 0. The highest BCUT2D eigenvalue weighted by atomic mass is 32.2. The van der Waals surface area contributed by atoms with Crippen LogP contribution >= 0.6 is 0 Å². The maximum absolute atomic E-state index is 12.1. The zero-order valence-corrected chi connectivity index (χ0v) is 12.1. The minimum absolute atomic E-state index is 0.109. The van der Waals surface area contributed by atoms with Gasteiger partial charge < -0.3 is 5.73 Å². The van der Waals surface area contributed by atoms with Crippen molar-refractivity contribution in [1.82, 2.24) is 14.5 Å². The Hall–Kier alpha value is -0.920. The molecular formula is C12H22N4O2S. The lowest BCUT2D eigenvalue weighted by atomic mass is 10.2. The molecule has 2 atom stereocenters. The normalized spacial score (nSPS) is 22.6. The summed E-state index contributed by atoms with van der Waals surface area (Å²) in [7, 11) is -3.42. The van der Waals surface area contributed by atoms with Crippen LogP contribution in [0, 0.1) is 5.92 Å². The van der Waals surface area contributed by atoms with E-state index in [0.717, 1.165) is 25.7 Å². The molecule has 6 nitrogen and oxygen atoms in total. The quantitative estimate of drug-likeness (QED) is 0.736. The van der Waals surface area contributed by atoms with E-state index in [-0.39, 0.29) is 10.9 Å². The molecule has 2 unspecified atom stereocenters. The molecule has 0 radical (unpaired) electrons. The van der Waals surface area contributed by atoms with E-state index in [1.54, 1.807) is 10.9 Å². The summed E-state index contributed by atoms with van der Waals surface area (Å²) in [6.45, 7) is 3.33. The van der Waals surface area contributed by atoms with Crippen LogP contribution in [0.4, 0.5) is 0 Å². The molecule has 1 heterocycles. The van der Waals surface area contributed by atoms with Gasteiger partial charge in [-0.15, -0.1) is 0 Å². The number of nitrogens with one attached hydrogen (secondary N) is 1. The Labute approximate surface area is 114 Å². The first-order valence-corrected chi connectivity index (χ1v) is 8.30. The maximum atomic E-state index is 12.1. The van der Waals surface area contributed by atoms with E-state index in [9.17, 15) is 8.42 Å². The van der Waals surface area contributed by atoms with E-state index < -0.39 is 10.0 Å². The highest BCUT2D eigenvalue weighted by molar-refractivity contribution is 7.89. The van der Waals surface area contributed by atoms with E-state index in [4.69, 9.17) is 5.73 Å². The average molecular weight is 286 g/mol. The summed E-state index contributed by atoms with van der Waals surface area (Å²) in [5.41, 5.74) is 5.42. The van der Waals surface area contributed by atoms with Crippen LogP contribution in [0.1, 0.15) is 32.6 Å². The molecule has 19 heavy (non-hydrogen) atoms. The van der Waals surface area contributed by atoms with Crippen molar-refractivity contribution in [2.75, 3.05) is 6.54 Å². The van der Waals surface area contributed by atoms with Crippen LogP contribution in [-0.2, 0) is 16.6 Å². The molecular weight excluding hydrogens is 264 g/mol. The lowest BCUT2D eigenvalue weighted by molar-refractivity contribution is 0.570. The Kier molecular flexibility index (Phi) is 4.59.